The summed E-state index contributed by atoms with van der Waals surface area (Å²) in [6.07, 6.45) is 0. The summed E-state index contributed by atoms with van der Waals surface area (Å²) in [6.45, 7) is 0. The van der Waals surface area contributed by atoms with Gasteiger partial charge in [0.25, 0.3) is 0 Å². The summed E-state index contributed by atoms with van der Waals surface area (Å²) in [4.78, 5) is 0. The molecule has 0 radical (unpaired) electrons. The number of rotatable bonds is 1. The Labute approximate surface area is 47.2 Å². The van der Waals surface area contributed by atoms with Gasteiger partial charge in [-0.2, -0.15) is 0 Å². The Balaban J connectivity index is 2.96. The number of hydrogen-bond acceptors (Lipinski definition) is 2. The zero-order valence-corrected chi connectivity index (χ0v) is 5.21. The first-order valence-corrected chi connectivity index (χ1v) is 3.49. The van der Waals surface area contributed by atoms with E-state index >= 15 is 0 Å². The van der Waals surface area contributed by atoms with Gasteiger partial charge < -0.3 is 0 Å². The van der Waals surface area contributed by atoms with E-state index in [1.165, 1.54) is 11.3 Å². The van der Waals surface area contributed by atoms with Crippen LogP contribution in [0.5, 0.6) is 0 Å². The molecule has 0 atom stereocenters. The normalized spacial score (nSPS) is 9.71. The molecule has 1 heterocycles. The SMILES string of the molecule is O=Pc1cccs1. The average Bonchev–Trinajstić information content (AvgIpc) is 2.14. The van der Waals surface area contributed by atoms with E-state index in [1.807, 2.05) is 17.5 Å². The molecule has 1 nitrogen and oxygen atoms in total. The van der Waals surface area contributed by atoms with E-state index in [0.29, 0.717) is 0 Å². The Morgan fingerprint density at radius 2 is 2.57 bits per heavy atom. The molecule has 0 aliphatic rings. The van der Waals surface area contributed by atoms with Gasteiger partial charge in [0.1, 0.15) is 0 Å². The second kappa shape index (κ2) is 2.20. The van der Waals surface area contributed by atoms with Gasteiger partial charge >= 0.3 is 0 Å². The van der Waals surface area contributed by atoms with E-state index < -0.39 is 0 Å². The Bertz CT molecular complexity index is 147. The van der Waals surface area contributed by atoms with Crippen molar-refractivity contribution in [3.8, 4) is 0 Å². The minimum absolute atomic E-state index is 0.133. The quantitative estimate of drug-likeness (QED) is 0.528. The Morgan fingerprint density at radius 3 is 2.86 bits per heavy atom. The molecule has 0 unspecified atom stereocenters. The third-order valence-electron chi connectivity index (χ3n) is 0.596. The van der Waals surface area contributed by atoms with Crippen LogP contribution in [0.2, 0.25) is 0 Å². The molecule has 0 bridgehead atoms. The van der Waals surface area contributed by atoms with Crippen molar-refractivity contribution in [1.82, 2.24) is 0 Å². The van der Waals surface area contributed by atoms with Gasteiger partial charge in [0.15, 0.2) is 0 Å². The second-order valence-electron chi connectivity index (χ2n) is 1.04. The maximum absolute atomic E-state index is 9.98. The van der Waals surface area contributed by atoms with Gasteiger partial charge in [-0.25, -0.2) is 0 Å². The Morgan fingerprint density at radius 1 is 1.71 bits per heavy atom. The molecule has 7 heavy (non-hydrogen) atoms. The van der Waals surface area contributed by atoms with Crippen molar-refractivity contribution in [2.45, 2.75) is 0 Å². The van der Waals surface area contributed by atoms with Crippen molar-refractivity contribution >= 4 is 24.4 Å². The van der Waals surface area contributed by atoms with E-state index in [4.69, 9.17) is 0 Å². The van der Waals surface area contributed by atoms with Crippen LogP contribution in [-0.2, 0) is 4.57 Å². The number of hydrogen-bond donors (Lipinski definition) is 0. The summed E-state index contributed by atoms with van der Waals surface area (Å²) in [6, 6.07) is 3.71. The molecule has 1 rings (SSSR count). The van der Waals surface area contributed by atoms with Crippen LogP contribution in [0.15, 0.2) is 17.5 Å². The van der Waals surface area contributed by atoms with Crippen molar-refractivity contribution in [2.75, 3.05) is 0 Å². The van der Waals surface area contributed by atoms with Gasteiger partial charge in [0.05, 0.1) is 4.62 Å². The zero-order valence-electron chi connectivity index (χ0n) is 3.50. The molecule has 0 saturated heterocycles. The predicted molar refractivity (Wildman–Crippen MR) is 31.6 cm³/mol. The molecule has 1 aromatic heterocycles. The molecule has 3 heteroatoms. The minimum atomic E-state index is 0.133. The summed E-state index contributed by atoms with van der Waals surface area (Å²) >= 11 is 1.50. The molecule has 0 aliphatic carbocycles. The summed E-state index contributed by atoms with van der Waals surface area (Å²) in [5.74, 6) is 0. The summed E-state index contributed by atoms with van der Waals surface area (Å²) < 4.78 is 10.9. The molecular formula is C4H3OPS. The lowest BCUT2D eigenvalue weighted by atomic mass is 10.7. The smallest absolute Gasteiger partial charge is 0.203 e. The van der Waals surface area contributed by atoms with Gasteiger partial charge in [-0.05, 0) is 11.4 Å². The van der Waals surface area contributed by atoms with Crippen LogP contribution in [0.1, 0.15) is 0 Å². The van der Waals surface area contributed by atoms with Crippen LogP contribution in [0.4, 0.5) is 0 Å². The van der Waals surface area contributed by atoms with Crippen molar-refractivity contribution in [1.29, 1.82) is 0 Å². The van der Waals surface area contributed by atoms with Crippen molar-refractivity contribution in [2.24, 2.45) is 0 Å². The molecule has 1 aromatic rings. The first-order valence-electron chi connectivity index (χ1n) is 1.80. The fourth-order valence-electron chi connectivity index (χ4n) is 0.322. The van der Waals surface area contributed by atoms with Gasteiger partial charge in [-0.3, -0.25) is 4.57 Å². The van der Waals surface area contributed by atoms with Crippen LogP contribution in [0, 0.1) is 0 Å². The van der Waals surface area contributed by atoms with Crippen LogP contribution < -0.4 is 4.62 Å². The van der Waals surface area contributed by atoms with E-state index in [9.17, 15) is 4.57 Å². The third-order valence-corrected chi connectivity index (χ3v) is 2.14. The molecule has 36 valence electrons. The maximum atomic E-state index is 9.98. The first kappa shape index (κ1) is 4.95. The van der Waals surface area contributed by atoms with Crippen LogP contribution in [0.3, 0.4) is 0 Å². The molecule has 0 N–H and O–H groups in total. The highest BCUT2D eigenvalue weighted by molar-refractivity contribution is 7.46. The van der Waals surface area contributed by atoms with Gasteiger partial charge in [-0.15, -0.1) is 11.3 Å². The monoisotopic (exact) mass is 130 g/mol. The van der Waals surface area contributed by atoms with Crippen LogP contribution >= 0.6 is 19.8 Å². The largest absolute Gasteiger partial charge is 0.268 e. The summed E-state index contributed by atoms with van der Waals surface area (Å²) in [5.41, 5.74) is 0. The van der Waals surface area contributed by atoms with Crippen molar-refractivity contribution in [3.63, 3.8) is 0 Å². The predicted octanol–water partition coefficient (Wildman–Crippen LogP) is 1.67. The Hall–Kier alpha value is -0.200. The zero-order chi connectivity index (χ0) is 5.11. The van der Waals surface area contributed by atoms with Crippen molar-refractivity contribution in [3.05, 3.63) is 17.5 Å². The van der Waals surface area contributed by atoms with E-state index in [2.05, 4.69) is 0 Å². The number of thiophene rings is 1. The highest BCUT2D eigenvalue weighted by atomic mass is 32.1. The highest BCUT2D eigenvalue weighted by Gasteiger charge is 1.84. The average molecular weight is 130 g/mol. The molecule has 0 amide bonds. The molecule has 0 saturated carbocycles. The van der Waals surface area contributed by atoms with Gasteiger partial charge in [0, 0.05) is 0 Å². The van der Waals surface area contributed by atoms with Crippen LogP contribution in [-0.4, -0.2) is 0 Å². The standard InChI is InChI=1S/C4H3OPS/c5-6-4-2-1-3-7-4/h1-3H. The fourth-order valence-corrected chi connectivity index (χ4v) is 1.28. The van der Waals surface area contributed by atoms with E-state index in [-0.39, 0.29) is 8.46 Å². The topological polar surface area (TPSA) is 17.1 Å². The van der Waals surface area contributed by atoms with E-state index in [0.717, 1.165) is 4.62 Å². The fraction of sp³-hybridized carbons (Fsp3) is 0. The second-order valence-corrected chi connectivity index (χ2v) is 2.96. The minimum Gasteiger partial charge on any atom is -0.268 e. The van der Waals surface area contributed by atoms with Gasteiger partial charge in [0.2, 0.25) is 8.46 Å². The van der Waals surface area contributed by atoms with Crippen molar-refractivity contribution < 1.29 is 4.57 Å². The summed E-state index contributed by atoms with van der Waals surface area (Å²) in [5, 5.41) is 1.90. The first-order chi connectivity index (χ1) is 3.43. The molecular weight excluding hydrogens is 127 g/mol. The molecule has 0 aliphatic heterocycles. The van der Waals surface area contributed by atoms with Gasteiger partial charge in [-0.1, -0.05) is 6.07 Å². The highest BCUT2D eigenvalue weighted by Crippen LogP contribution is 2.01. The lowest BCUT2D eigenvalue weighted by molar-refractivity contribution is 0.603. The maximum Gasteiger partial charge on any atom is 0.203 e. The van der Waals surface area contributed by atoms with E-state index in [1.54, 1.807) is 0 Å². The Kier molecular flexibility index (Phi) is 1.55. The third kappa shape index (κ3) is 1.08. The van der Waals surface area contributed by atoms with Crippen LogP contribution in [0.25, 0.3) is 0 Å². The lowest BCUT2D eigenvalue weighted by Crippen LogP contribution is -1.72. The molecule has 0 fully saturated rings. The summed E-state index contributed by atoms with van der Waals surface area (Å²) in [7, 11) is 0.133. The molecule has 0 aromatic carbocycles. The molecule has 0 spiro atoms. The lowest BCUT2D eigenvalue weighted by Gasteiger charge is -1.63.